The summed E-state index contributed by atoms with van der Waals surface area (Å²) in [5.41, 5.74) is 6.10. The summed E-state index contributed by atoms with van der Waals surface area (Å²) in [6.07, 6.45) is 0. The number of oxime groups is 1. The molecule has 5 heteroatoms. The van der Waals surface area contributed by atoms with Gasteiger partial charge in [-0.2, -0.15) is 0 Å². The van der Waals surface area contributed by atoms with Crippen molar-refractivity contribution in [2.45, 2.75) is 6.92 Å². The van der Waals surface area contributed by atoms with Crippen LogP contribution in [0.2, 0.25) is 0 Å². The molecule has 2 rings (SSSR count). The van der Waals surface area contributed by atoms with E-state index in [4.69, 9.17) is 20.1 Å². The number of nitrogens with two attached hydrogens (primary N) is 1. The number of benzene rings is 1. The van der Waals surface area contributed by atoms with Crippen LogP contribution in [0, 0.1) is 0 Å². The third-order valence-electron chi connectivity index (χ3n) is 2.16. The zero-order valence-electron chi connectivity index (χ0n) is 8.80. The molecule has 0 atom stereocenters. The molecular weight excluding hydrogens is 208 g/mol. The van der Waals surface area contributed by atoms with E-state index in [1.807, 2.05) is 19.1 Å². The fourth-order valence-electron chi connectivity index (χ4n) is 1.45. The molecule has 5 nitrogen and oxygen atoms in total. The Bertz CT molecular complexity index is 531. The van der Waals surface area contributed by atoms with Crippen molar-refractivity contribution < 1.29 is 14.4 Å². The second-order valence-corrected chi connectivity index (χ2v) is 3.23. The molecule has 0 aliphatic heterocycles. The first-order valence-corrected chi connectivity index (χ1v) is 4.89. The number of rotatable bonds is 3. The zero-order valence-corrected chi connectivity index (χ0v) is 8.80. The van der Waals surface area contributed by atoms with Crippen molar-refractivity contribution in [3.63, 3.8) is 0 Å². The SMILES string of the molecule is CCOc1ccc2oc(C(N)=NO)cc2c1. The number of hydrogen-bond donors (Lipinski definition) is 2. The molecular formula is C11H12N2O3. The molecule has 2 aromatic rings. The van der Waals surface area contributed by atoms with Gasteiger partial charge in [-0.3, -0.25) is 0 Å². The van der Waals surface area contributed by atoms with Gasteiger partial charge in [0.15, 0.2) is 5.76 Å². The summed E-state index contributed by atoms with van der Waals surface area (Å²) in [7, 11) is 0. The molecule has 0 amide bonds. The Morgan fingerprint density at radius 3 is 3.00 bits per heavy atom. The Hall–Kier alpha value is -2.17. The minimum atomic E-state index is -0.0471. The summed E-state index contributed by atoms with van der Waals surface area (Å²) in [5.74, 6) is 1.06. The van der Waals surface area contributed by atoms with Crippen LogP contribution in [0.4, 0.5) is 0 Å². The summed E-state index contributed by atoms with van der Waals surface area (Å²) in [6.45, 7) is 2.53. The fraction of sp³-hybridized carbons (Fsp3) is 0.182. The van der Waals surface area contributed by atoms with E-state index < -0.39 is 0 Å². The van der Waals surface area contributed by atoms with Gasteiger partial charge in [0.2, 0.25) is 5.84 Å². The first kappa shape index (κ1) is 10.4. The Morgan fingerprint density at radius 2 is 2.31 bits per heavy atom. The largest absolute Gasteiger partial charge is 0.494 e. The molecule has 0 aliphatic rings. The van der Waals surface area contributed by atoms with Gasteiger partial charge in [0.1, 0.15) is 11.3 Å². The van der Waals surface area contributed by atoms with Gasteiger partial charge in [-0.05, 0) is 31.2 Å². The zero-order chi connectivity index (χ0) is 11.5. The Morgan fingerprint density at radius 1 is 1.50 bits per heavy atom. The predicted molar refractivity (Wildman–Crippen MR) is 59.9 cm³/mol. The number of nitrogens with zero attached hydrogens (tertiary/aromatic N) is 1. The lowest BCUT2D eigenvalue weighted by Crippen LogP contribution is -2.11. The molecule has 84 valence electrons. The first-order valence-electron chi connectivity index (χ1n) is 4.89. The molecule has 16 heavy (non-hydrogen) atoms. The van der Waals surface area contributed by atoms with Crippen LogP contribution in [0.5, 0.6) is 5.75 Å². The van der Waals surface area contributed by atoms with Gasteiger partial charge in [-0.1, -0.05) is 5.16 Å². The van der Waals surface area contributed by atoms with Crippen LogP contribution in [0.15, 0.2) is 33.8 Å². The van der Waals surface area contributed by atoms with Crippen LogP contribution in [0.3, 0.4) is 0 Å². The third-order valence-corrected chi connectivity index (χ3v) is 2.16. The van der Waals surface area contributed by atoms with E-state index in [1.165, 1.54) is 0 Å². The smallest absolute Gasteiger partial charge is 0.205 e. The van der Waals surface area contributed by atoms with Gasteiger partial charge in [0, 0.05) is 5.39 Å². The molecule has 0 unspecified atom stereocenters. The molecule has 1 heterocycles. The summed E-state index contributed by atoms with van der Waals surface area (Å²) < 4.78 is 10.7. The molecule has 1 aromatic carbocycles. The van der Waals surface area contributed by atoms with Crippen molar-refractivity contribution in [3.8, 4) is 5.75 Å². The molecule has 0 aliphatic carbocycles. The van der Waals surface area contributed by atoms with Crippen LogP contribution < -0.4 is 10.5 Å². The molecule has 0 saturated carbocycles. The van der Waals surface area contributed by atoms with Crippen molar-refractivity contribution in [1.29, 1.82) is 0 Å². The lowest BCUT2D eigenvalue weighted by atomic mass is 10.2. The van der Waals surface area contributed by atoms with E-state index in [1.54, 1.807) is 12.1 Å². The second kappa shape index (κ2) is 4.14. The van der Waals surface area contributed by atoms with E-state index in [0.29, 0.717) is 18.0 Å². The molecule has 3 N–H and O–H groups in total. The quantitative estimate of drug-likeness (QED) is 0.358. The maximum Gasteiger partial charge on any atom is 0.205 e. The Labute approximate surface area is 92.1 Å². The van der Waals surface area contributed by atoms with Crippen molar-refractivity contribution in [3.05, 3.63) is 30.0 Å². The van der Waals surface area contributed by atoms with Crippen molar-refractivity contribution in [1.82, 2.24) is 0 Å². The lowest BCUT2D eigenvalue weighted by molar-refractivity contribution is 0.317. The maximum atomic E-state index is 8.53. The normalized spacial score (nSPS) is 11.9. The third kappa shape index (κ3) is 1.79. The van der Waals surface area contributed by atoms with E-state index in [0.717, 1.165) is 11.1 Å². The molecule has 0 bridgehead atoms. The highest BCUT2D eigenvalue weighted by Crippen LogP contribution is 2.24. The Kier molecular flexibility index (Phi) is 2.68. The number of ether oxygens (including phenoxy) is 1. The van der Waals surface area contributed by atoms with Gasteiger partial charge in [-0.25, -0.2) is 0 Å². The van der Waals surface area contributed by atoms with Gasteiger partial charge >= 0.3 is 0 Å². The van der Waals surface area contributed by atoms with Crippen molar-refractivity contribution in [2.75, 3.05) is 6.61 Å². The standard InChI is InChI=1S/C11H12N2O3/c1-2-15-8-3-4-9-7(5-8)6-10(16-9)11(12)13-14/h3-6,14H,2H2,1H3,(H2,12,13). The summed E-state index contributed by atoms with van der Waals surface area (Å²) >= 11 is 0. The van der Waals surface area contributed by atoms with E-state index in [2.05, 4.69) is 5.16 Å². The highest BCUT2D eigenvalue weighted by molar-refractivity contribution is 5.98. The van der Waals surface area contributed by atoms with Gasteiger partial charge < -0.3 is 20.1 Å². The van der Waals surface area contributed by atoms with Gasteiger partial charge in [0.05, 0.1) is 6.61 Å². The minimum absolute atomic E-state index is 0.0471. The number of furan rings is 1. The highest BCUT2D eigenvalue weighted by Gasteiger charge is 2.08. The second-order valence-electron chi connectivity index (χ2n) is 3.23. The van der Waals surface area contributed by atoms with Crippen LogP contribution in [0.25, 0.3) is 11.0 Å². The van der Waals surface area contributed by atoms with E-state index >= 15 is 0 Å². The van der Waals surface area contributed by atoms with E-state index in [-0.39, 0.29) is 5.84 Å². The maximum absolute atomic E-state index is 8.53. The van der Waals surface area contributed by atoms with Crippen LogP contribution in [-0.2, 0) is 0 Å². The van der Waals surface area contributed by atoms with Crippen molar-refractivity contribution in [2.24, 2.45) is 10.9 Å². The average Bonchev–Trinajstić information content (AvgIpc) is 2.71. The Balaban J connectivity index is 2.45. The first-order chi connectivity index (χ1) is 7.74. The number of hydrogen-bond acceptors (Lipinski definition) is 4. The van der Waals surface area contributed by atoms with E-state index in [9.17, 15) is 0 Å². The predicted octanol–water partition coefficient (Wildman–Crippen LogP) is 1.93. The molecule has 0 radical (unpaired) electrons. The molecule has 1 aromatic heterocycles. The molecule has 0 fully saturated rings. The number of amidine groups is 1. The average molecular weight is 220 g/mol. The minimum Gasteiger partial charge on any atom is -0.494 e. The number of fused-ring (bicyclic) bond motifs is 1. The van der Waals surface area contributed by atoms with Gasteiger partial charge in [-0.15, -0.1) is 0 Å². The summed E-state index contributed by atoms with van der Waals surface area (Å²) in [4.78, 5) is 0. The van der Waals surface area contributed by atoms with Crippen LogP contribution in [0.1, 0.15) is 12.7 Å². The monoisotopic (exact) mass is 220 g/mol. The van der Waals surface area contributed by atoms with Crippen LogP contribution >= 0.6 is 0 Å². The van der Waals surface area contributed by atoms with Gasteiger partial charge in [0.25, 0.3) is 0 Å². The lowest BCUT2D eigenvalue weighted by Gasteiger charge is -2.00. The molecule has 0 saturated heterocycles. The highest BCUT2D eigenvalue weighted by atomic mass is 16.5. The van der Waals surface area contributed by atoms with Crippen molar-refractivity contribution >= 4 is 16.8 Å². The summed E-state index contributed by atoms with van der Waals surface area (Å²) in [5, 5.41) is 12.3. The fourth-order valence-corrected chi connectivity index (χ4v) is 1.45. The summed E-state index contributed by atoms with van der Waals surface area (Å²) in [6, 6.07) is 7.14. The van der Waals surface area contributed by atoms with Crippen LogP contribution in [-0.4, -0.2) is 17.6 Å². The topological polar surface area (TPSA) is 81.0 Å². The molecule has 0 spiro atoms.